The largest absolute Gasteiger partial charge is 0.383 e. The summed E-state index contributed by atoms with van der Waals surface area (Å²) in [5, 5.41) is 12.3. The van der Waals surface area contributed by atoms with Gasteiger partial charge in [0.25, 0.3) is 0 Å². The Morgan fingerprint density at radius 3 is 2.89 bits per heavy atom. The number of carbonyl (C=O) groups excluding carboxylic acids is 1. The van der Waals surface area contributed by atoms with Crippen LogP contribution in [0.3, 0.4) is 0 Å². The number of hydrogen-bond donors (Lipinski definition) is 1. The predicted octanol–water partition coefficient (Wildman–Crippen LogP) is 1.27. The van der Waals surface area contributed by atoms with Gasteiger partial charge in [0.2, 0.25) is 11.9 Å². The van der Waals surface area contributed by atoms with Gasteiger partial charge in [-0.15, -0.1) is 10.2 Å². The van der Waals surface area contributed by atoms with E-state index in [0.29, 0.717) is 31.5 Å². The molecule has 1 saturated heterocycles. The van der Waals surface area contributed by atoms with Crippen molar-refractivity contribution in [1.29, 1.82) is 0 Å². The Hall–Kier alpha value is -2.10. The van der Waals surface area contributed by atoms with E-state index in [2.05, 4.69) is 39.5 Å². The van der Waals surface area contributed by atoms with E-state index in [0.717, 1.165) is 30.3 Å². The van der Waals surface area contributed by atoms with Crippen LogP contribution in [0.25, 0.3) is 5.69 Å². The highest BCUT2D eigenvalue weighted by Gasteiger charge is 2.22. The Kier molecular flexibility index (Phi) is 7.08. The summed E-state index contributed by atoms with van der Waals surface area (Å²) in [6.45, 7) is 5.93. The number of nitrogens with one attached hydrogen (secondary N) is 1. The number of anilines is 1. The number of carbonyl (C=O) groups is 1. The second-order valence-electron chi connectivity index (χ2n) is 6.19. The van der Waals surface area contributed by atoms with Crippen LogP contribution in [0.2, 0.25) is 0 Å². The minimum atomic E-state index is -0.0521. The Morgan fingerprint density at radius 2 is 2.15 bits per heavy atom. The van der Waals surface area contributed by atoms with Crippen molar-refractivity contribution in [2.75, 3.05) is 57.2 Å². The zero-order valence-electron chi connectivity index (χ0n) is 15.7. The van der Waals surface area contributed by atoms with E-state index in [1.807, 2.05) is 16.7 Å². The summed E-state index contributed by atoms with van der Waals surface area (Å²) in [5.41, 5.74) is 2.14. The summed E-state index contributed by atoms with van der Waals surface area (Å²) in [6, 6.07) is 8.19. The summed E-state index contributed by atoms with van der Waals surface area (Å²) in [5.74, 6) is 1.01. The van der Waals surface area contributed by atoms with Crippen LogP contribution < -0.4 is 10.2 Å². The molecule has 0 saturated carbocycles. The highest BCUT2D eigenvalue weighted by atomic mass is 32.2. The van der Waals surface area contributed by atoms with Gasteiger partial charge in [0.05, 0.1) is 31.3 Å². The standard InChI is InChI=1S/C18H25N5O3S/c1-14-4-3-5-15(12-14)23-17(22-7-10-26-11-8-22)20-21-18(23)27-13-16(24)19-6-9-25-2/h3-5,12H,6-11,13H2,1-2H3,(H,19,24). The van der Waals surface area contributed by atoms with Crippen LogP contribution in [0.1, 0.15) is 5.56 Å². The zero-order chi connectivity index (χ0) is 19.1. The van der Waals surface area contributed by atoms with Crippen molar-refractivity contribution in [1.82, 2.24) is 20.1 Å². The van der Waals surface area contributed by atoms with Crippen molar-refractivity contribution in [2.24, 2.45) is 0 Å². The monoisotopic (exact) mass is 391 g/mol. The number of rotatable bonds is 8. The number of nitrogens with zero attached hydrogens (tertiary/aromatic N) is 4. The third kappa shape index (κ3) is 5.21. The molecule has 1 N–H and O–H groups in total. The summed E-state index contributed by atoms with van der Waals surface area (Å²) < 4.78 is 12.4. The fourth-order valence-corrected chi connectivity index (χ4v) is 3.57. The topological polar surface area (TPSA) is 81.5 Å². The molecule has 2 aromatic rings. The zero-order valence-corrected chi connectivity index (χ0v) is 16.5. The molecule has 1 aromatic heterocycles. The van der Waals surface area contributed by atoms with Crippen LogP contribution in [0.5, 0.6) is 0 Å². The summed E-state index contributed by atoms with van der Waals surface area (Å²) in [7, 11) is 1.61. The van der Waals surface area contributed by atoms with E-state index in [4.69, 9.17) is 9.47 Å². The van der Waals surface area contributed by atoms with Crippen molar-refractivity contribution in [3.05, 3.63) is 29.8 Å². The molecule has 1 aromatic carbocycles. The Balaban J connectivity index is 1.80. The Morgan fingerprint density at radius 1 is 1.33 bits per heavy atom. The summed E-state index contributed by atoms with van der Waals surface area (Å²) >= 11 is 1.38. The lowest BCUT2D eigenvalue weighted by molar-refractivity contribution is -0.118. The van der Waals surface area contributed by atoms with Crippen molar-refractivity contribution < 1.29 is 14.3 Å². The third-order valence-corrected chi connectivity index (χ3v) is 5.06. The predicted molar refractivity (Wildman–Crippen MR) is 105 cm³/mol. The molecular formula is C18H25N5O3S. The van der Waals surface area contributed by atoms with Gasteiger partial charge in [0, 0.05) is 26.7 Å². The van der Waals surface area contributed by atoms with E-state index in [-0.39, 0.29) is 11.7 Å². The molecule has 0 aliphatic carbocycles. The minimum absolute atomic E-state index is 0.0521. The number of benzene rings is 1. The molecule has 0 atom stereocenters. The van der Waals surface area contributed by atoms with Gasteiger partial charge in [0.15, 0.2) is 5.16 Å². The smallest absolute Gasteiger partial charge is 0.232 e. The molecule has 0 bridgehead atoms. The average Bonchev–Trinajstić information content (AvgIpc) is 3.11. The van der Waals surface area contributed by atoms with Gasteiger partial charge in [-0.1, -0.05) is 23.9 Å². The van der Waals surface area contributed by atoms with Crippen LogP contribution in [0, 0.1) is 6.92 Å². The minimum Gasteiger partial charge on any atom is -0.383 e. The molecule has 0 unspecified atom stereocenters. The van der Waals surface area contributed by atoms with E-state index >= 15 is 0 Å². The Bertz CT molecular complexity index is 761. The molecule has 1 fully saturated rings. The first-order valence-electron chi connectivity index (χ1n) is 8.92. The lowest BCUT2D eigenvalue weighted by atomic mass is 10.2. The second kappa shape index (κ2) is 9.72. The second-order valence-corrected chi connectivity index (χ2v) is 7.13. The van der Waals surface area contributed by atoms with Gasteiger partial charge < -0.3 is 19.7 Å². The third-order valence-electron chi connectivity index (χ3n) is 4.13. The molecule has 9 heteroatoms. The van der Waals surface area contributed by atoms with E-state index in [9.17, 15) is 4.79 Å². The molecular weight excluding hydrogens is 366 g/mol. The number of amides is 1. The van der Waals surface area contributed by atoms with Gasteiger partial charge in [-0.05, 0) is 24.6 Å². The van der Waals surface area contributed by atoms with Crippen molar-refractivity contribution in [3.63, 3.8) is 0 Å². The maximum atomic E-state index is 12.0. The number of aromatic nitrogens is 3. The quantitative estimate of drug-likeness (QED) is 0.536. The highest BCUT2D eigenvalue weighted by Crippen LogP contribution is 2.27. The first-order valence-corrected chi connectivity index (χ1v) is 9.91. The van der Waals surface area contributed by atoms with Crippen LogP contribution in [0.4, 0.5) is 5.95 Å². The van der Waals surface area contributed by atoms with Gasteiger partial charge in [-0.3, -0.25) is 9.36 Å². The SMILES string of the molecule is COCCNC(=O)CSc1nnc(N2CCOCC2)n1-c1cccc(C)c1. The number of hydrogen-bond acceptors (Lipinski definition) is 7. The first-order chi connectivity index (χ1) is 13.2. The van der Waals surface area contributed by atoms with Crippen LogP contribution in [-0.2, 0) is 14.3 Å². The number of ether oxygens (including phenoxy) is 2. The van der Waals surface area contributed by atoms with Crippen molar-refractivity contribution >= 4 is 23.6 Å². The highest BCUT2D eigenvalue weighted by molar-refractivity contribution is 7.99. The van der Waals surface area contributed by atoms with Crippen molar-refractivity contribution in [2.45, 2.75) is 12.1 Å². The van der Waals surface area contributed by atoms with Gasteiger partial charge in [-0.2, -0.15) is 0 Å². The number of thioether (sulfide) groups is 1. The van der Waals surface area contributed by atoms with Crippen LogP contribution in [0.15, 0.2) is 29.4 Å². The fraction of sp³-hybridized carbons (Fsp3) is 0.500. The lowest BCUT2D eigenvalue weighted by Crippen LogP contribution is -2.37. The molecule has 0 radical (unpaired) electrons. The molecule has 1 aliphatic rings. The summed E-state index contributed by atoms with van der Waals surface area (Å²) in [6.07, 6.45) is 0. The first kappa shape index (κ1) is 19.7. The molecule has 3 rings (SSSR count). The summed E-state index contributed by atoms with van der Waals surface area (Å²) in [4.78, 5) is 14.2. The van der Waals surface area contributed by atoms with E-state index < -0.39 is 0 Å². The average molecular weight is 391 g/mol. The van der Waals surface area contributed by atoms with Crippen LogP contribution >= 0.6 is 11.8 Å². The normalized spacial score (nSPS) is 14.4. The fourth-order valence-electron chi connectivity index (χ4n) is 2.79. The van der Waals surface area contributed by atoms with Crippen molar-refractivity contribution in [3.8, 4) is 5.69 Å². The maximum Gasteiger partial charge on any atom is 0.232 e. The number of aryl methyl sites for hydroxylation is 1. The molecule has 8 nitrogen and oxygen atoms in total. The van der Waals surface area contributed by atoms with Crippen LogP contribution in [-0.4, -0.2) is 73.0 Å². The van der Waals surface area contributed by atoms with E-state index in [1.165, 1.54) is 11.8 Å². The van der Waals surface area contributed by atoms with Gasteiger partial charge in [-0.25, -0.2) is 0 Å². The van der Waals surface area contributed by atoms with Gasteiger partial charge >= 0.3 is 0 Å². The molecule has 2 heterocycles. The Labute approximate surface area is 163 Å². The maximum absolute atomic E-state index is 12.0. The number of morpholine rings is 1. The molecule has 146 valence electrons. The van der Waals surface area contributed by atoms with Gasteiger partial charge in [0.1, 0.15) is 0 Å². The molecule has 1 amide bonds. The molecule has 1 aliphatic heterocycles. The van der Waals surface area contributed by atoms with E-state index in [1.54, 1.807) is 7.11 Å². The number of methoxy groups -OCH3 is 1. The molecule has 27 heavy (non-hydrogen) atoms. The molecule has 0 spiro atoms. The lowest BCUT2D eigenvalue weighted by Gasteiger charge is -2.28.